The molecule has 2 amide bonds. The van der Waals surface area contributed by atoms with Gasteiger partial charge in [0.05, 0.1) is 5.75 Å². The molecule has 1 aromatic rings. The third-order valence-corrected chi connectivity index (χ3v) is 5.75. The van der Waals surface area contributed by atoms with E-state index in [-0.39, 0.29) is 23.8 Å². The molecular formula is C18H23ClN2O2S. The van der Waals surface area contributed by atoms with Gasteiger partial charge in [-0.15, -0.1) is 11.8 Å². The van der Waals surface area contributed by atoms with E-state index >= 15 is 0 Å². The summed E-state index contributed by atoms with van der Waals surface area (Å²) >= 11 is 7.59. The second-order valence-electron chi connectivity index (χ2n) is 6.56. The first-order valence-electron chi connectivity index (χ1n) is 8.52. The molecule has 0 spiro atoms. The van der Waals surface area contributed by atoms with Crippen molar-refractivity contribution < 1.29 is 9.59 Å². The van der Waals surface area contributed by atoms with Crippen LogP contribution in [0.25, 0.3) is 0 Å². The van der Waals surface area contributed by atoms with Crippen LogP contribution in [-0.2, 0) is 15.3 Å². The van der Waals surface area contributed by atoms with Gasteiger partial charge in [-0.2, -0.15) is 0 Å². The largest absolute Gasteiger partial charge is 0.353 e. The van der Waals surface area contributed by atoms with Gasteiger partial charge in [0.15, 0.2) is 0 Å². The molecule has 6 heteroatoms. The molecule has 1 heterocycles. The average Bonchev–Trinajstić information content (AvgIpc) is 3.40. The molecule has 0 radical (unpaired) electrons. The highest BCUT2D eigenvalue weighted by molar-refractivity contribution is 7.99. The normalized spacial score (nSPS) is 18.5. The van der Waals surface area contributed by atoms with Gasteiger partial charge in [0.25, 0.3) is 0 Å². The zero-order chi connectivity index (χ0) is 16.9. The fraction of sp³-hybridized carbons (Fsp3) is 0.556. The Morgan fingerprint density at radius 3 is 2.62 bits per heavy atom. The number of piperidine rings is 1. The van der Waals surface area contributed by atoms with Crippen LogP contribution >= 0.6 is 23.4 Å². The summed E-state index contributed by atoms with van der Waals surface area (Å²) < 4.78 is 0. The number of carbonyl (C=O) groups is 2. The van der Waals surface area contributed by atoms with Gasteiger partial charge in [0, 0.05) is 35.8 Å². The number of amides is 2. The van der Waals surface area contributed by atoms with E-state index < -0.39 is 0 Å². The lowest BCUT2D eigenvalue weighted by Crippen LogP contribution is -2.47. The van der Waals surface area contributed by atoms with Crippen molar-refractivity contribution in [2.45, 2.75) is 37.5 Å². The quantitative estimate of drug-likeness (QED) is 0.841. The van der Waals surface area contributed by atoms with E-state index in [0.29, 0.717) is 5.75 Å². The molecule has 1 aromatic carbocycles. The van der Waals surface area contributed by atoms with E-state index in [1.54, 1.807) is 11.8 Å². The van der Waals surface area contributed by atoms with E-state index in [2.05, 4.69) is 5.32 Å². The molecule has 1 saturated carbocycles. The lowest BCUT2D eigenvalue weighted by atomic mass is 10.0. The zero-order valence-electron chi connectivity index (χ0n) is 13.7. The Kier molecular flexibility index (Phi) is 6.06. The minimum atomic E-state index is 0.189. The second-order valence-corrected chi connectivity index (χ2v) is 7.98. The molecule has 130 valence electrons. The number of likely N-dealkylation sites (tertiary alicyclic amines) is 1. The van der Waals surface area contributed by atoms with Crippen LogP contribution in [0.1, 0.15) is 31.2 Å². The van der Waals surface area contributed by atoms with Crippen molar-refractivity contribution in [2.24, 2.45) is 5.92 Å². The van der Waals surface area contributed by atoms with E-state index in [9.17, 15) is 9.59 Å². The monoisotopic (exact) mass is 366 g/mol. The van der Waals surface area contributed by atoms with E-state index in [1.807, 2.05) is 29.2 Å². The van der Waals surface area contributed by atoms with Crippen molar-refractivity contribution in [3.63, 3.8) is 0 Å². The van der Waals surface area contributed by atoms with Crippen LogP contribution < -0.4 is 5.32 Å². The van der Waals surface area contributed by atoms with Crippen molar-refractivity contribution in [3.8, 4) is 0 Å². The number of rotatable bonds is 6. The summed E-state index contributed by atoms with van der Waals surface area (Å²) in [4.78, 5) is 26.0. The van der Waals surface area contributed by atoms with Crippen molar-refractivity contribution in [1.82, 2.24) is 10.2 Å². The maximum absolute atomic E-state index is 12.3. The van der Waals surface area contributed by atoms with Gasteiger partial charge < -0.3 is 10.2 Å². The molecule has 1 aliphatic heterocycles. The number of halogens is 1. The molecular weight excluding hydrogens is 344 g/mol. The van der Waals surface area contributed by atoms with Gasteiger partial charge in [-0.05, 0) is 43.4 Å². The summed E-state index contributed by atoms with van der Waals surface area (Å²) in [5.74, 6) is 1.93. The Labute approximate surface area is 152 Å². The molecule has 2 aliphatic rings. The van der Waals surface area contributed by atoms with Crippen molar-refractivity contribution >= 4 is 35.2 Å². The molecule has 3 rings (SSSR count). The molecule has 24 heavy (non-hydrogen) atoms. The summed E-state index contributed by atoms with van der Waals surface area (Å²) in [6.45, 7) is 1.48. The number of benzene rings is 1. The van der Waals surface area contributed by atoms with Gasteiger partial charge in [-0.3, -0.25) is 9.59 Å². The first kappa shape index (κ1) is 17.6. The lowest BCUT2D eigenvalue weighted by molar-refractivity contribution is -0.129. The van der Waals surface area contributed by atoms with Crippen LogP contribution in [0.4, 0.5) is 0 Å². The summed E-state index contributed by atoms with van der Waals surface area (Å²) in [5, 5.41) is 3.85. The predicted molar refractivity (Wildman–Crippen MR) is 98.1 cm³/mol. The topological polar surface area (TPSA) is 49.4 Å². The number of carbonyl (C=O) groups excluding carboxylic acids is 2. The highest BCUT2D eigenvalue weighted by Gasteiger charge is 2.32. The molecule has 2 fully saturated rings. The number of nitrogens with zero attached hydrogens (tertiary/aromatic N) is 1. The zero-order valence-corrected chi connectivity index (χ0v) is 15.2. The molecule has 1 N–H and O–H groups in total. The Morgan fingerprint density at radius 1 is 1.21 bits per heavy atom. The van der Waals surface area contributed by atoms with Crippen molar-refractivity contribution in [1.29, 1.82) is 0 Å². The summed E-state index contributed by atoms with van der Waals surface area (Å²) in [5.41, 5.74) is 1.14. The predicted octanol–water partition coefficient (Wildman–Crippen LogP) is 3.09. The standard InChI is InChI=1S/C18H23ClN2O2S/c19-15-3-1-2-13(10-15)11-24-12-17(22)21-8-6-16(7-9-21)20-18(23)14-4-5-14/h1-3,10,14,16H,4-9,11-12H2,(H,20,23). The smallest absolute Gasteiger partial charge is 0.232 e. The molecule has 1 saturated heterocycles. The molecule has 0 atom stereocenters. The van der Waals surface area contributed by atoms with Crippen LogP contribution in [0.2, 0.25) is 5.02 Å². The minimum Gasteiger partial charge on any atom is -0.353 e. The molecule has 1 aliphatic carbocycles. The summed E-state index contributed by atoms with van der Waals surface area (Å²) in [7, 11) is 0. The number of nitrogens with one attached hydrogen (secondary N) is 1. The van der Waals surface area contributed by atoms with Crippen molar-refractivity contribution in [3.05, 3.63) is 34.9 Å². The van der Waals surface area contributed by atoms with Crippen LogP contribution in [0.15, 0.2) is 24.3 Å². The van der Waals surface area contributed by atoms with Gasteiger partial charge in [-0.1, -0.05) is 23.7 Å². The maximum Gasteiger partial charge on any atom is 0.232 e. The minimum absolute atomic E-state index is 0.189. The summed E-state index contributed by atoms with van der Waals surface area (Å²) in [6.07, 6.45) is 3.80. The van der Waals surface area contributed by atoms with E-state index in [4.69, 9.17) is 11.6 Å². The average molecular weight is 367 g/mol. The Balaban J connectivity index is 1.35. The highest BCUT2D eigenvalue weighted by Crippen LogP contribution is 2.29. The van der Waals surface area contributed by atoms with Crippen LogP contribution in [0.3, 0.4) is 0 Å². The molecule has 4 nitrogen and oxygen atoms in total. The van der Waals surface area contributed by atoms with E-state index in [1.165, 1.54) is 0 Å². The first-order chi connectivity index (χ1) is 11.6. The number of hydrogen-bond acceptors (Lipinski definition) is 3. The maximum atomic E-state index is 12.3. The van der Waals surface area contributed by atoms with Crippen LogP contribution in [0.5, 0.6) is 0 Å². The fourth-order valence-corrected chi connectivity index (χ4v) is 4.00. The molecule has 0 bridgehead atoms. The highest BCUT2D eigenvalue weighted by atomic mass is 35.5. The lowest BCUT2D eigenvalue weighted by Gasteiger charge is -2.32. The third-order valence-electron chi connectivity index (χ3n) is 4.53. The van der Waals surface area contributed by atoms with Crippen molar-refractivity contribution in [2.75, 3.05) is 18.8 Å². The first-order valence-corrected chi connectivity index (χ1v) is 10.1. The van der Waals surface area contributed by atoms with E-state index in [0.717, 1.165) is 55.1 Å². The fourth-order valence-electron chi connectivity index (χ4n) is 2.91. The third kappa shape index (κ3) is 5.15. The number of thioether (sulfide) groups is 1. The van der Waals surface area contributed by atoms with Crippen LogP contribution in [0, 0.1) is 5.92 Å². The molecule has 0 unspecified atom stereocenters. The molecule has 0 aromatic heterocycles. The van der Waals surface area contributed by atoms with Gasteiger partial charge in [0.1, 0.15) is 0 Å². The van der Waals surface area contributed by atoms with Crippen LogP contribution in [-0.4, -0.2) is 41.6 Å². The summed E-state index contributed by atoms with van der Waals surface area (Å²) in [6, 6.07) is 7.99. The Bertz CT molecular complexity index is 598. The number of hydrogen-bond donors (Lipinski definition) is 1. The van der Waals surface area contributed by atoms with Gasteiger partial charge in [0.2, 0.25) is 11.8 Å². The van der Waals surface area contributed by atoms with Gasteiger partial charge >= 0.3 is 0 Å². The Hall–Kier alpha value is -1.20. The second kappa shape index (κ2) is 8.26. The Morgan fingerprint density at radius 2 is 1.96 bits per heavy atom. The van der Waals surface area contributed by atoms with Gasteiger partial charge in [-0.25, -0.2) is 0 Å². The SMILES string of the molecule is O=C(NC1CCN(C(=O)CSCc2cccc(Cl)c2)CC1)C1CC1.